The number of anilines is 1. The molecule has 0 unspecified atom stereocenters. The zero-order valence-electron chi connectivity index (χ0n) is 16.2. The van der Waals surface area contributed by atoms with Gasteiger partial charge in [0, 0.05) is 0 Å². The lowest BCUT2D eigenvalue weighted by molar-refractivity contribution is -0.119. The maximum atomic E-state index is 14.4. The lowest BCUT2D eigenvalue weighted by Crippen LogP contribution is -2.40. The largest absolute Gasteiger partial charge is 0.271 e. The molecule has 3 aromatic carbocycles. The molecule has 0 aliphatic rings. The Kier molecular flexibility index (Phi) is 6.58. The number of hydrazone groups is 1. The highest BCUT2D eigenvalue weighted by Crippen LogP contribution is 2.25. The number of nitrogens with zero attached hydrogens (tertiary/aromatic N) is 2. The summed E-state index contributed by atoms with van der Waals surface area (Å²) in [5.41, 5.74) is 3.92. The van der Waals surface area contributed by atoms with Gasteiger partial charge in [-0.05, 0) is 36.8 Å². The van der Waals surface area contributed by atoms with E-state index >= 15 is 0 Å². The smallest absolute Gasteiger partial charge is 0.264 e. The van der Waals surface area contributed by atoms with Gasteiger partial charge in [-0.1, -0.05) is 60.2 Å². The highest BCUT2D eigenvalue weighted by atomic mass is 32.2. The van der Waals surface area contributed by atoms with Crippen LogP contribution in [-0.2, 0) is 14.8 Å². The van der Waals surface area contributed by atoms with Crippen molar-refractivity contribution >= 4 is 27.8 Å². The molecule has 0 saturated carbocycles. The van der Waals surface area contributed by atoms with Gasteiger partial charge in [-0.2, -0.15) is 5.10 Å². The molecule has 8 heteroatoms. The Morgan fingerprint density at radius 3 is 2.30 bits per heavy atom. The molecule has 0 aromatic heterocycles. The van der Waals surface area contributed by atoms with Crippen LogP contribution in [0.1, 0.15) is 11.1 Å². The molecule has 3 aromatic rings. The van der Waals surface area contributed by atoms with E-state index in [0.29, 0.717) is 0 Å². The molecule has 1 amide bonds. The molecular weight excluding hydrogens is 405 g/mol. The van der Waals surface area contributed by atoms with Crippen LogP contribution in [0.25, 0.3) is 0 Å². The molecule has 30 heavy (non-hydrogen) atoms. The summed E-state index contributed by atoms with van der Waals surface area (Å²) in [5.74, 6) is -1.46. The van der Waals surface area contributed by atoms with Crippen LogP contribution in [0.3, 0.4) is 0 Å². The van der Waals surface area contributed by atoms with E-state index in [1.54, 1.807) is 18.2 Å². The molecule has 0 aliphatic heterocycles. The molecular formula is C22H20FN3O3S. The first kappa shape index (κ1) is 21.2. The minimum Gasteiger partial charge on any atom is -0.271 e. The summed E-state index contributed by atoms with van der Waals surface area (Å²) in [4.78, 5) is 12.4. The van der Waals surface area contributed by atoms with Gasteiger partial charge in [0.15, 0.2) is 0 Å². The zero-order chi connectivity index (χ0) is 21.6. The molecule has 3 rings (SSSR count). The number of nitrogens with one attached hydrogen (secondary N) is 1. The van der Waals surface area contributed by atoms with Gasteiger partial charge in [0.05, 0.1) is 16.8 Å². The fourth-order valence-electron chi connectivity index (χ4n) is 2.67. The molecule has 0 bridgehead atoms. The summed E-state index contributed by atoms with van der Waals surface area (Å²) < 4.78 is 41.3. The van der Waals surface area contributed by atoms with E-state index in [4.69, 9.17) is 0 Å². The first-order valence-electron chi connectivity index (χ1n) is 9.09. The number of carbonyl (C=O) groups is 1. The van der Waals surface area contributed by atoms with Crippen molar-refractivity contribution in [1.82, 2.24) is 5.43 Å². The third-order valence-electron chi connectivity index (χ3n) is 4.22. The Bertz CT molecular complexity index is 1150. The predicted molar refractivity (Wildman–Crippen MR) is 114 cm³/mol. The molecule has 6 nitrogen and oxygen atoms in total. The number of sulfonamides is 1. The first-order valence-corrected chi connectivity index (χ1v) is 10.5. The van der Waals surface area contributed by atoms with Crippen molar-refractivity contribution in [2.24, 2.45) is 5.10 Å². The van der Waals surface area contributed by atoms with E-state index in [-0.39, 0.29) is 10.6 Å². The lowest BCUT2D eigenvalue weighted by Gasteiger charge is -2.24. The summed E-state index contributed by atoms with van der Waals surface area (Å²) in [6.07, 6.45) is 1.44. The van der Waals surface area contributed by atoms with E-state index in [0.717, 1.165) is 21.5 Å². The minimum atomic E-state index is -4.17. The van der Waals surface area contributed by atoms with Crippen LogP contribution in [-0.4, -0.2) is 27.1 Å². The summed E-state index contributed by atoms with van der Waals surface area (Å²) in [6, 6.07) is 20.4. The fourth-order valence-corrected chi connectivity index (χ4v) is 4.12. The number of hydrogen-bond donors (Lipinski definition) is 1. The number of para-hydroxylation sites is 1. The van der Waals surface area contributed by atoms with Gasteiger partial charge in [-0.3, -0.25) is 9.10 Å². The Hall–Kier alpha value is -3.52. The Morgan fingerprint density at radius 1 is 1.00 bits per heavy atom. The maximum Gasteiger partial charge on any atom is 0.264 e. The molecule has 0 heterocycles. The van der Waals surface area contributed by atoms with E-state index in [9.17, 15) is 17.6 Å². The number of benzene rings is 3. The second-order valence-electron chi connectivity index (χ2n) is 6.48. The van der Waals surface area contributed by atoms with Crippen molar-refractivity contribution in [2.75, 3.05) is 10.8 Å². The summed E-state index contributed by atoms with van der Waals surface area (Å²) >= 11 is 0. The van der Waals surface area contributed by atoms with Gasteiger partial charge in [0.25, 0.3) is 15.9 Å². The predicted octanol–water partition coefficient (Wildman–Crippen LogP) is 3.48. The number of rotatable bonds is 7. The lowest BCUT2D eigenvalue weighted by atomic mass is 10.2. The number of halogens is 1. The number of carbonyl (C=O) groups excluding carboxylic acids is 1. The Balaban J connectivity index is 1.83. The standard InChI is InChI=1S/C22H20FN3O3S/c1-17-11-13-18(14-12-17)15-24-25-22(27)16-26(21-10-6-5-9-20(21)23)30(28,29)19-7-3-2-4-8-19/h2-15H,16H2,1H3,(H,25,27)/b24-15-. The van der Waals surface area contributed by atoms with Crippen molar-refractivity contribution in [2.45, 2.75) is 11.8 Å². The molecule has 0 atom stereocenters. The van der Waals surface area contributed by atoms with Gasteiger partial charge in [-0.25, -0.2) is 18.2 Å². The van der Waals surface area contributed by atoms with Crippen molar-refractivity contribution in [1.29, 1.82) is 0 Å². The molecule has 154 valence electrons. The average Bonchev–Trinajstić information content (AvgIpc) is 2.75. The van der Waals surface area contributed by atoms with E-state index in [2.05, 4.69) is 10.5 Å². The third-order valence-corrected chi connectivity index (χ3v) is 5.99. The SMILES string of the molecule is Cc1ccc(/C=N\NC(=O)CN(c2ccccc2F)S(=O)(=O)c2ccccc2)cc1. The Morgan fingerprint density at radius 2 is 1.63 bits per heavy atom. The van der Waals surface area contributed by atoms with Gasteiger partial charge in [0.2, 0.25) is 0 Å². The van der Waals surface area contributed by atoms with Crippen LogP contribution in [0, 0.1) is 12.7 Å². The fraction of sp³-hybridized carbons (Fsp3) is 0.0909. The van der Waals surface area contributed by atoms with E-state index in [1.165, 1.54) is 36.5 Å². The number of amides is 1. The quantitative estimate of drug-likeness (QED) is 0.465. The molecule has 0 spiro atoms. The van der Waals surface area contributed by atoms with Crippen molar-refractivity contribution < 1.29 is 17.6 Å². The Labute approximate surface area is 174 Å². The van der Waals surface area contributed by atoms with Crippen LogP contribution < -0.4 is 9.73 Å². The van der Waals surface area contributed by atoms with Crippen LogP contribution in [0.15, 0.2) is 88.9 Å². The first-order chi connectivity index (χ1) is 14.4. The van der Waals surface area contributed by atoms with Crippen LogP contribution in [0.5, 0.6) is 0 Å². The number of aryl methyl sites for hydroxylation is 1. The van der Waals surface area contributed by atoms with Gasteiger partial charge >= 0.3 is 0 Å². The molecule has 1 N–H and O–H groups in total. The highest BCUT2D eigenvalue weighted by Gasteiger charge is 2.28. The third kappa shape index (κ3) is 5.09. The maximum absolute atomic E-state index is 14.4. The monoisotopic (exact) mass is 425 g/mol. The van der Waals surface area contributed by atoms with E-state index < -0.39 is 28.3 Å². The molecule has 0 radical (unpaired) electrons. The van der Waals surface area contributed by atoms with Gasteiger partial charge < -0.3 is 0 Å². The normalized spacial score (nSPS) is 11.4. The van der Waals surface area contributed by atoms with Crippen molar-refractivity contribution in [3.63, 3.8) is 0 Å². The van der Waals surface area contributed by atoms with Crippen LogP contribution in [0.4, 0.5) is 10.1 Å². The number of hydrogen-bond acceptors (Lipinski definition) is 4. The molecule has 0 saturated heterocycles. The topological polar surface area (TPSA) is 78.8 Å². The van der Waals surface area contributed by atoms with Crippen molar-refractivity contribution in [3.8, 4) is 0 Å². The average molecular weight is 425 g/mol. The summed E-state index contributed by atoms with van der Waals surface area (Å²) in [6.45, 7) is 1.32. The summed E-state index contributed by atoms with van der Waals surface area (Å²) in [7, 11) is -4.17. The minimum absolute atomic E-state index is 0.0517. The second-order valence-corrected chi connectivity index (χ2v) is 8.34. The van der Waals surface area contributed by atoms with Crippen molar-refractivity contribution in [3.05, 3.63) is 95.8 Å². The zero-order valence-corrected chi connectivity index (χ0v) is 17.0. The molecule has 0 aliphatic carbocycles. The second kappa shape index (κ2) is 9.32. The summed E-state index contributed by atoms with van der Waals surface area (Å²) in [5, 5.41) is 3.86. The van der Waals surface area contributed by atoms with Gasteiger partial charge in [-0.15, -0.1) is 0 Å². The van der Waals surface area contributed by atoms with Crippen LogP contribution in [0.2, 0.25) is 0 Å². The van der Waals surface area contributed by atoms with E-state index in [1.807, 2.05) is 31.2 Å². The van der Waals surface area contributed by atoms with Gasteiger partial charge in [0.1, 0.15) is 12.4 Å². The molecule has 0 fully saturated rings. The van der Waals surface area contributed by atoms with Crippen LogP contribution >= 0.6 is 0 Å². The highest BCUT2D eigenvalue weighted by molar-refractivity contribution is 7.92.